The zero-order valence-corrected chi connectivity index (χ0v) is 12.1. The summed E-state index contributed by atoms with van der Waals surface area (Å²) in [5.41, 5.74) is 1.41. The predicted molar refractivity (Wildman–Crippen MR) is 73.6 cm³/mol. The van der Waals surface area contributed by atoms with Crippen molar-refractivity contribution in [2.45, 2.75) is 45.7 Å². The molecule has 0 bridgehead atoms. The summed E-state index contributed by atoms with van der Waals surface area (Å²) in [6.45, 7) is 13.3. The van der Waals surface area contributed by atoms with Gasteiger partial charge in [0.25, 0.3) is 0 Å². The molecule has 4 heteroatoms. The Morgan fingerprint density at radius 3 is 2.88 bits per heavy atom. The zero-order chi connectivity index (χ0) is 12.5. The van der Waals surface area contributed by atoms with Gasteiger partial charge in [-0.15, -0.1) is 11.3 Å². The average Bonchev–Trinajstić information content (AvgIpc) is 2.69. The second-order valence-electron chi connectivity index (χ2n) is 5.92. The maximum atomic E-state index is 4.77. The standard InChI is InChI=1S/C13H23N3S/c1-10-7-14-5-6-16(10)8-11-9-17-12(15-11)13(2,3)4/h9-10,14H,5-8H2,1-4H3/t10-/m0/s1. The molecule has 3 nitrogen and oxygen atoms in total. The van der Waals surface area contributed by atoms with Crippen molar-refractivity contribution in [2.75, 3.05) is 19.6 Å². The molecule has 0 aromatic carbocycles. The van der Waals surface area contributed by atoms with Crippen LogP contribution in [0.4, 0.5) is 0 Å². The van der Waals surface area contributed by atoms with Gasteiger partial charge >= 0.3 is 0 Å². The fraction of sp³-hybridized carbons (Fsp3) is 0.769. The van der Waals surface area contributed by atoms with Crippen LogP contribution in [0.5, 0.6) is 0 Å². The van der Waals surface area contributed by atoms with E-state index in [2.05, 4.69) is 43.3 Å². The van der Waals surface area contributed by atoms with Gasteiger partial charge in [0.2, 0.25) is 0 Å². The number of rotatable bonds is 2. The Balaban J connectivity index is 2.01. The topological polar surface area (TPSA) is 28.2 Å². The molecule has 1 saturated heterocycles. The summed E-state index contributed by atoms with van der Waals surface area (Å²) < 4.78 is 0. The molecule has 17 heavy (non-hydrogen) atoms. The third kappa shape index (κ3) is 3.27. The highest BCUT2D eigenvalue weighted by atomic mass is 32.1. The van der Waals surface area contributed by atoms with Crippen LogP contribution >= 0.6 is 11.3 Å². The van der Waals surface area contributed by atoms with E-state index in [1.54, 1.807) is 11.3 Å². The Hall–Kier alpha value is -0.450. The van der Waals surface area contributed by atoms with Gasteiger partial charge in [0, 0.05) is 43.0 Å². The molecule has 1 aromatic heterocycles. The Bertz CT molecular complexity index is 367. The van der Waals surface area contributed by atoms with Crippen LogP contribution in [0.3, 0.4) is 0 Å². The molecule has 1 fully saturated rings. The number of hydrogen-bond acceptors (Lipinski definition) is 4. The molecule has 2 heterocycles. The number of aromatic nitrogens is 1. The molecule has 1 N–H and O–H groups in total. The lowest BCUT2D eigenvalue weighted by Crippen LogP contribution is -2.49. The number of thiazole rings is 1. The SMILES string of the molecule is C[C@H]1CNCCN1Cc1csc(C(C)(C)C)n1. The summed E-state index contributed by atoms with van der Waals surface area (Å²) in [7, 11) is 0. The number of piperazine rings is 1. The molecule has 1 aromatic rings. The summed E-state index contributed by atoms with van der Waals surface area (Å²) in [6.07, 6.45) is 0. The molecular weight excluding hydrogens is 230 g/mol. The van der Waals surface area contributed by atoms with Gasteiger partial charge < -0.3 is 5.32 Å². The van der Waals surface area contributed by atoms with Gasteiger partial charge in [0.1, 0.15) is 0 Å². The summed E-state index contributed by atoms with van der Waals surface area (Å²) in [5.74, 6) is 0. The minimum absolute atomic E-state index is 0.179. The maximum absolute atomic E-state index is 4.77. The van der Waals surface area contributed by atoms with Gasteiger partial charge in [-0.1, -0.05) is 20.8 Å². The minimum atomic E-state index is 0.179. The van der Waals surface area contributed by atoms with E-state index in [0.717, 1.165) is 26.2 Å². The van der Waals surface area contributed by atoms with Crippen molar-refractivity contribution in [3.05, 3.63) is 16.1 Å². The average molecular weight is 253 g/mol. The normalized spacial score (nSPS) is 22.9. The monoisotopic (exact) mass is 253 g/mol. The summed E-state index contributed by atoms with van der Waals surface area (Å²) in [6, 6.07) is 0.614. The summed E-state index contributed by atoms with van der Waals surface area (Å²) >= 11 is 1.79. The Morgan fingerprint density at radius 1 is 1.53 bits per heavy atom. The van der Waals surface area contributed by atoms with Gasteiger partial charge in [-0.25, -0.2) is 4.98 Å². The van der Waals surface area contributed by atoms with Gasteiger partial charge in [0.15, 0.2) is 0 Å². The van der Waals surface area contributed by atoms with E-state index in [-0.39, 0.29) is 5.41 Å². The van der Waals surface area contributed by atoms with Crippen molar-refractivity contribution < 1.29 is 0 Å². The van der Waals surface area contributed by atoms with Crippen molar-refractivity contribution >= 4 is 11.3 Å². The molecule has 2 rings (SSSR count). The Morgan fingerprint density at radius 2 is 2.29 bits per heavy atom. The molecule has 0 saturated carbocycles. The van der Waals surface area contributed by atoms with Crippen molar-refractivity contribution in [3.8, 4) is 0 Å². The van der Waals surface area contributed by atoms with E-state index in [1.807, 2.05) is 0 Å². The van der Waals surface area contributed by atoms with Crippen molar-refractivity contribution in [1.29, 1.82) is 0 Å². The predicted octanol–water partition coefficient (Wildman–Crippen LogP) is 2.23. The van der Waals surface area contributed by atoms with Crippen LogP contribution in [0, 0.1) is 0 Å². The van der Waals surface area contributed by atoms with Crippen LogP contribution in [-0.2, 0) is 12.0 Å². The first-order valence-electron chi connectivity index (χ1n) is 6.36. The first-order valence-corrected chi connectivity index (χ1v) is 7.24. The molecule has 0 amide bonds. The molecule has 1 atom stereocenters. The maximum Gasteiger partial charge on any atom is 0.0982 e. The van der Waals surface area contributed by atoms with Gasteiger partial charge in [0.05, 0.1) is 10.7 Å². The molecular formula is C13H23N3S. The minimum Gasteiger partial charge on any atom is -0.314 e. The highest BCUT2D eigenvalue weighted by Crippen LogP contribution is 2.26. The first kappa shape index (κ1) is 13.0. The molecule has 1 aliphatic rings. The molecule has 1 aliphatic heterocycles. The number of nitrogens with zero attached hydrogens (tertiary/aromatic N) is 2. The second kappa shape index (κ2) is 5.04. The number of hydrogen-bond donors (Lipinski definition) is 1. The quantitative estimate of drug-likeness (QED) is 0.876. The second-order valence-corrected chi connectivity index (χ2v) is 6.78. The van der Waals surface area contributed by atoms with E-state index < -0.39 is 0 Å². The summed E-state index contributed by atoms with van der Waals surface area (Å²) in [4.78, 5) is 7.28. The zero-order valence-electron chi connectivity index (χ0n) is 11.3. The number of nitrogens with one attached hydrogen (secondary N) is 1. The van der Waals surface area contributed by atoms with Crippen molar-refractivity contribution in [1.82, 2.24) is 15.2 Å². The molecule has 0 radical (unpaired) electrons. The van der Waals surface area contributed by atoms with Crippen LogP contribution in [0.2, 0.25) is 0 Å². The largest absolute Gasteiger partial charge is 0.314 e. The fourth-order valence-electron chi connectivity index (χ4n) is 2.05. The molecule has 0 unspecified atom stereocenters. The summed E-state index contributed by atoms with van der Waals surface area (Å²) in [5, 5.41) is 6.88. The van der Waals surface area contributed by atoms with E-state index in [4.69, 9.17) is 4.98 Å². The lowest BCUT2D eigenvalue weighted by molar-refractivity contribution is 0.164. The third-order valence-corrected chi connectivity index (χ3v) is 4.51. The van der Waals surface area contributed by atoms with Gasteiger partial charge in [-0.2, -0.15) is 0 Å². The van der Waals surface area contributed by atoms with E-state index in [0.29, 0.717) is 6.04 Å². The fourth-order valence-corrected chi connectivity index (χ4v) is 2.95. The Kier molecular flexibility index (Phi) is 3.85. The molecule has 0 spiro atoms. The lowest BCUT2D eigenvalue weighted by Gasteiger charge is -2.33. The van der Waals surface area contributed by atoms with Crippen LogP contribution in [0.1, 0.15) is 38.4 Å². The van der Waals surface area contributed by atoms with Crippen molar-refractivity contribution in [2.24, 2.45) is 0 Å². The molecule has 96 valence electrons. The smallest absolute Gasteiger partial charge is 0.0982 e. The van der Waals surface area contributed by atoms with Gasteiger partial charge in [-0.3, -0.25) is 4.90 Å². The third-order valence-electron chi connectivity index (χ3n) is 3.20. The van der Waals surface area contributed by atoms with Crippen LogP contribution < -0.4 is 5.32 Å². The highest BCUT2D eigenvalue weighted by molar-refractivity contribution is 7.09. The van der Waals surface area contributed by atoms with E-state index >= 15 is 0 Å². The van der Waals surface area contributed by atoms with Crippen molar-refractivity contribution in [3.63, 3.8) is 0 Å². The highest BCUT2D eigenvalue weighted by Gasteiger charge is 2.21. The Labute approximate surface area is 108 Å². The molecule has 0 aliphatic carbocycles. The van der Waals surface area contributed by atoms with Crippen LogP contribution in [0.25, 0.3) is 0 Å². The van der Waals surface area contributed by atoms with E-state index in [1.165, 1.54) is 10.7 Å². The first-order chi connectivity index (χ1) is 7.97. The lowest BCUT2D eigenvalue weighted by atomic mass is 9.98. The van der Waals surface area contributed by atoms with Crippen LogP contribution in [-0.4, -0.2) is 35.6 Å². The van der Waals surface area contributed by atoms with Gasteiger partial charge in [-0.05, 0) is 6.92 Å². The van der Waals surface area contributed by atoms with Crippen LogP contribution in [0.15, 0.2) is 5.38 Å². The van der Waals surface area contributed by atoms with E-state index in [9.17, 15) is 0 Å².